The van der Waals surface area contributed by atoms with Crippen LogP contribution in [0.15, 0.2) is 78.9 Å². The molecule has 7 nitrogen and oxygen atoms in total. The van der Waals surface area contributed by atoms with Crippen molar-refractivity contribution in [1.29, 1.82) is 0 Å². The normalized spacial score (nSPS) is 10.6. The highest BCUT2D eigenvalue weighted by Gasteiger charge is 2.15. The highest BCUT2D eigenvalue weighted by atomic mass is 35.5. The van der Waals surface area contributed by atoms with Gasteiger partial charge in [-0.15, -0.1) is 0 Å². The van der Waals surface area contributed by atoms with Crippen molar-refractivity contribution in [3.8, 4) is 16.9 Å². The maximum absolute atomic E-state index is 12.7. The Kier molecular flexibility index (Phi) is 6.63. The zero-order valence-corrected chi connectivity index (χ0v) is 18.6. The highest BCUT2D eigenvalue weighted by molar-refractivity contribution is 6.44. The Labute approximate surface area is 199 Å². The molecule has 1 aromatic heterocycles. The van der Waals surface area contributed by atoms with Crippen molar-refractivity contribution in [3.63, 3.8) is 0 Å². The van der Waals surface area contributed by atoms with E-state index in [1.54, 1.807) is 53.2 Å². The molecule has 0 fully saturated rings. The van der Waals surface area contributed by atoms with E-state index >= 15 is 0 Å². The molecule has 0 spiro atoms. The van der Waals surface area contributed by atoms with Gasteiger partial charge in [-0.3, -0.25) is 10.1 Å². The molecule has 0 saturated heterocycles. The Balaban J connectivity index is 1.65. The number of halogens is 2. The topological polar surface area (TPSA) is 96.2 Å². The molecule has 4 rings (SSSR count). The third-order valence-corrected chi connectivity index (χ3v) is 5.58. The van der Waals surface area contributed by atoms with Gasteiger partial charge in [0.05, 0.1) is 33.5 Å². The third-order valence-electron chi connectivity index (χ3n) is 4.76. The first-order valence-corrected chi connectivity index (χ1v) is 10.6. The summed E-state index contributed by atoms with van der Waals surface area (Å²) in [6.07, 6.45) is -0.0808. The maximum Gasteiger partial charge on any atom is 0.324 e. The molecule has 0 bridgehead atoms. The van der Waals surface area contributed by atoms with Gasteiger partial charge in [-0.25, -0.2) is 9.48 Å². The molecule has 1 heterocycles. The second-order valence-electron chi connectivity index (χ2n) is 7.11. The Morgan fingerprint density at radius 3 is 2.33 bits per heavy atom. The van der Waals surface area contributed by atoms with Crippen LogP contribution in [0.3, 0.4) is 0 Å². The lowest BCUT2D eigenvalue weighted by molar-refractivity contribution is -0.136. The van der Waals surface area contributed by atoms with Gasteiger partial charge in [0.15, 0.2) is 0 Å². The number of nitrogens with one attached hydrogen (secondary N) is 2. The van der Waals surface area contributed by atoms with E-state index in [0.29, 0.717) is 33.5 Å². The minimum atomic E-state index is -0.910. The number of nitrogens with zero attached hydrogens (tertiary/aromatic N) is 2. The van der Waals surface area contributed by atoms with Crippen LogP contribution in [0.1, 0.15) is 5.56 Å². The number of amides is 2. The fourth-order valence-electron chi connectivity index (χ4n) is 3.22. The Hall–Kier alpha value is -3.81. The average Bonchev–Trinajstić information content (AvgIpc) is 3.21. The number of carboxylic acids is 1. The summed E-state index contributed by atoms with van der Waals surface area (Å²) in [7, 11) is 0. The summed E-state index contributed by atoms with van der Waals surface area (Å²) in [4.78, 5) is 23.7. The standard InChI is InChI=1S/C24H18Cl2N4O3/c25-18-7-4-8-19(23(18)26)27-24(33)28-21-14-20(16-5-2-1-3-6-16)29-30(21)17-11-9-15(10-12-17)13-22(31)32/h1-12,14H,13H2,(H,31,32)(H2,27,28,33). The van der Waals surface area contributed by atoms with Crippen LogP contribution in [0.2, 0.25) is 10.0 Å². The number of urea groups is 1. The van der Waals surface area contributed by atoms with Gasteiger partial charge in [-0.1, -0.05) is 71.7 Å². The molecule has 4 aromatic rings. The van der Waals surface area contributed by atoms with E-state index in [4.69, 9.17) is 28.3 Å². The van der Waals surface area contributed by atoms with Crippen LogP contribution < -0.4 is 10.6 Å². The number of carbonyl (C=O) groups excluding carboxylic acids is 1. The molecule has 3 aromatic carbocycles. The monoisotopic (exact) mass is 480 g/mol. The van der Waals surface area contributed by atoms with Crippen molar-refractivity contribution in [3.05, 3.63) is 94.5 Å². The minimum absolute atomic E-state index is 0.0808. The first kappa shape index (κ1) is 22.4. The van der Waals surface area contributed by atoms with Crippen molar-refractivity contribution in [2.45, 2.75) is 6.42 Å². The van der Waals surface area contributed by atoms with Gasteiger partial charge >= 0.3 is 12.0 Å². The van der Waals surface area contributed by atoms with Gasteiger partial charge in [-0.2, -0.15) is 5.10 Å². The second kappa shape index (κ2) is 9.77. The lowest BCUT2D eigenvalue weighted by Crippen LogP contribution is -2.21. The lowest BCUT2D eigenvalue weighted by Gasteiger charge is -2.11. The molecular weight excluding hydrogens is 463 g/mol. The van der Waals surface area contributed by atoms with Crippen LogP contribution >= 0.6 is 23.2 Å². The van der Waals surface area contributed by atoms with Crippen molar-refractivity contribution in [2.75, 3.05) is 10.6 Å². The fourth-order valence-corrected chi connectivity index (χ4v) is 3.56. The fraction of sp³-hybridized carbons (Fsp3) is 0.0417. The lowest BCUT2D eigenvalue weighted by atomic mass is 10.1. The summed E-state index contributed by atoms with van der Waals surface area (Å²) in [6.45, 7) is 0. The molecule has 166 valence electrons. The number of hydrogen-bond acceptors (Lipinski definition) is 3. The zero-order valence-electron chi connectivity index (χ0n) is 17.1. The van der Waals surface area contributed by atoms with Crippen LogP contribution in [0, 0.1) is 0 Å². The van der Waals surface area contributed by atoms with Crippen molar-refractivity contribution < 1.29 is 14.7 Å². The largest absolute Gasteiger partial charge is 0.481 e. The molecule has 3 N–H and O–H groups in total. The van der Waals surface area contributed by atoms with Crippen molar-refractivity contribution >= 4 is 46.7 Å². The predicted molar refractivity (Wildman–Crippen MR) is 129 cm³/mol. The van der Waals surface area contributed by atoms with Crippen LogP contribution in [-0.4, -0.2) is 26.9 Å². The van der Waals surface area contributed by atoms with E-state index in [-0.39, 0.29) is 11.4 Å². The quantitative estimate of drug-likeness (QED) is 0.309. The maximum atomic E-state index is 12.7. The first-order valence-electron chi connectivity index (χ1n) is 9.89. The Bertz CT molecular complexity index is 1310. The number of hydrogen-bond donors (Lipinski definition) is 3. The van der Waals surface area contributed by atoms with Crippen molar-refractivity contribution in [2.24, 2.45) is 0 Å². The van der Waals surface area contributed by atoms with Gasteiger partial charge in [0.25, 0.3) is 0 Å². The molecular formula is C24H18Cl2N4O3. The van der Waals surface area contributed by atoms with Gasteiger partial charge in [-0.05, 0) is 29.8 Å². The molecule has 0 aliphatic rings. The Morgan fingerprint density at radius 1 is 0.909 bits per heavy atom. The summed E-state index contributed by atoms with van der Waals surface area (Å²) in [5.74, 6) is -0.498. The predicted octanol–water partition coefficient (Wildman–Crippen LogP) is 6.12. The third kappa shape index (κ3) is 5.34. The van der Waals surface area contributed by atoms with Crippen LogP contribution in [0.5, 0.6) is 0 Å². The zero-order chi connectivity index (χ0) is 23.4. The number of carboxylic acid groups (broad SMARTS) is 1. The molecule has 0 atom stereocenters. The Morgan fingerprint density at radius 2 is 1.64 bits per heavy atom. The summed E-state index contributed by atoms with van der Waals surface area (Å²) in [5, 5.41) is 19.7. The van der Waals surface area contributed by atoms with E-state index in [9.17, 15) is 9.59 Å². The van der Waals surface area contributed by atoms with Gasteiger partial charge in [0, 0.05) is 11.6 Å². The molecule has 0 unspecified atom stereocenters. The van der Waals surface area contributed by atoms with E-state index < -0.39 is 12.0 Å². The number of rotatable bonds is 6. The van der Waals surface area contributed by atoms with Crippen LogP contribution in [-0.2, 0) is 11.2 Å². The molecule has 33 heavy (non-hydrogen) atoms. The van der Waals surface area contributed by atoms with Gasteiger partial charge < -0.3 is 10.4 Å². The smallest absolute Gasteiger partial charge is 0.324 e. The van der Waals surface area contributed by atoms with Crippen LogP contribution in [0.25, 0.3) is 16.9 Å². The van der Waals surface area contributed by atoms with Crippen LogP contribution in [0.4, 0.5) is 16.3 Å². The molecule has 2 amide bonds. The molecule has 9 heteroatoms. The van der Waals surface area contributed by atoms with E-state index in [1.807, 2.05) is 30.3 Å². The number of aliphatic carboxylic acids is 1. The molecule has 0 saturated carbocycles. The molecule has 0 aliphatic carbocycles. The van der Waals surface area contributed by atoms with E-state index in [2.05, 4.69) is 15.7 Å². The first-order chi connectivity index (χ1) is 15.9. The number of anilines is 2. The SMILES string of the molecule is O=C(O)Cc1ccc(-n2nc(-c3ccccc3)cc2NC(=O)Nc2cccc(Cl)c2Cl)cc1. The summed E-state index contributed by atoms with van der Waals surface area (Å²) in [5.41, 5.74) is 3.21. The summed E-state index contributed by atoms with van der Waals surface area (Å²) in [6, 6.07) is 22.6. The number of benzene rings is 3. The molecule has 0 aliphatic heterocycles. The van der Waals surface area contributed by atoms with E-state index in [0.717, 1.165) is 5.56 Å². The average molecular weight is 481 g/mol. The van der Waals surface area contributed by atoms with Gasteiger partial charge in [0.2, 0.25) is 0 Å². The number of aromatic nitrogens is 2. The highest BCUT2D eigenvalue weighted by Crippen LogP contribution is 2.30. The van der Waals surface area contributed by atoms with Crippen molar-refractivity contribution in [1.82, 2.24) is 9.78 Å². The summed E-state index contributed by atoms with van der Waals surface area (Å²) >= 11 is 12.2. The number of carbonyl (C=O) groups is 2. The minimum Gasteiger partial charge on any atom is -0.481 e. The molecule has 0 radical (unpaired) electrons. The summed E-state index contributed by atoms with van der Waals surface area (Å²) < 4.78 is 1.58. The second-order valence-corrected chi connectivity index (χ2v) is 7.90. The van der Waals surface area contributed by atoms with Gasteiger partial charge in [0.1, 0.15) is 5.82 Å². The van der Waals surface area contributed by atoms with E-state index in [1.165, 1.54) is 0 Å².